The van der Waals surface area contributed by atoms with E-state index in [9.17, 15) is 0 Å². The largest absolute Gasteiger partial charge is 0.135 e. The Labute approximate surface area is 311 Å². The molecule has 0 amide bonds. The Bertz CT molecular complexity index is 3090. The molecule has 246 valence electrons. The van der Waals surface area contributed by atoms with Gasteiger partial charge in [0.25, 0.3) is 0 Å². The van der Waals surface area contributed by atoms with Gasteiger partial charge >= 0.3 is 0 Å². The smallest absolute Gasteiger partial charge is 0.0434 e. The molecule has 0 nitrogen and oxygen atoms in total. The van der Waals surface area contributed by atoms with Crippen molar-refractivity contribution >= 4 is 74.6 Å². The minimum absolute atomic E-state index is 1.25. The van der Waals surface area contributed by atoms with Gasteiger partial charge in [0.2, 0.25) is 0 Å². The van der Waals surface area contributed by atoms with Gasteiger partial charge in [-0.15, -0.1) is 11.3 Å². The molecule has 0 aliphatic carbocycles. The Balaban J connectivity index is 1.18. The second kappa shape index (κ2) is 12.0. The van der Waals surface area contributed by atoms with Gasteiger partial charge in [-0.3, -0.25) is 0 Å². The van der Waals surface area contributed by atoms with Crippen molar-refractivity contribution < 1.29 is 0 Å². The molecule has 53 heavy (non-hydrogen) atoms. The molecule has 1 heterocycles. The third-order valence-electron chi connectivity index (χ3n) is 11.0. The molecule has 0 bridgehead atoms. The lowest BCUT2D eigenvalue weighted by Crippen LogP contribution is -1.90. The summed E-state index contributed by atoms with van der Waals surface area (Å²) in [6.45, 7) is 0. The van der Waals surface area contributed by atoms with E-state index in [-0.39, 0.29) is 0 Å². The van der Waals surface area contributed by atoms with Crippen molar-refractivity contribution in [3.63, 3.8) is 0 Å². The summed E-state index contributed by atoms with van der Waals surface area (Å²) in [6.07, 6.45) is 0. The van der Waals surface area contributed by atoms with Gasteiger partial charge in [0.05, 0.1) is 0 Å². The van der Waals surface area contributed by atoms with E-state index in [0.717, 1.165) is 0 Å². The van der Waals surface area contributed by atoms with E-state index in [1.165, 1.54) is 108 Å². The van der Waals surface area contributed by atoms with E-state index in [0.29, 0.717) is 0 Å². The quantitative estimate of drug-likeness (QED) is 0.162. The van der Waals surface area contributed by atoms with Crippen LogP contribution in [-0.2, 0) is 0 Å². The van der Waals surface area contributed by atoms with Gasteiger partial charge in [0, 0.05) is 25.7 Å². The molecular formula is C52H32S. The molecule has 0 unspecified atom stereocenters. The number of hydrogen-bond donors (Lipinski definition) is 0. The highest BCUT2D eigenvalue weighted by Gasteiger charge is 2.21. The topological polar surface area (TPSA) is 0 Å². The molecule has 0 fully saturated rings. The van der Waals surface area contributed by atoms with Gasteiger partial charge in [0.15, 0.2) is 0 Å². The van der Waals surface area contributed by atoms with Crippen LogP contribution in [0, 0.1) is 0 Å². The predicted molar refractivity (Wildman–Crippen MR) is 231 cm³/mol. The molecule has 0 spiro atoms. The number of hydrogen-bond acceptors (Lipinski definition) is 1. The summed E-state index contributed by atoms with van der Waals surface area (Å²) in [4.78, 5) is 0. The monoisotopic (exact) mass is 688 g/mol. The van der Waals surface area contributed by atoms with Crippen molar-refractivity contribution in [2.45, 2.75) is 0 Å². The Morgan fingerprint density at radius 1 is 0.245 bits per heavy atom. The Morgan fingerprint density at radius 3 is 1.08 bits per heavy atom. The average Bonchev–Trinajstić information content (AvgIpc) is 3.61. The van der Waals surface area contributed by atoms with Crippen LogP contribution >= 0.6 is 11.3 Å². The van der Waals surface area contributed by atoms with Crippen LogP contribution in [0.5, 0.6) is 0 Å². The zero-order valence-electron chi connectivity index (χ0n) is 28.9. The van der Waals surface area contributed by atoms with Crippen LogP contribution in [0.25, 0.3) is 108 Å². The van der Waals surface area contributed by atoms with E-state index >= 15 is 0 Å². The van der Waals surface area contributed by atoms with Crippen LogP contribution in [0.15, 0.2) is 194 Å². The zero-order chi connectivity index (χ0) is 34.9. The molecule has 11 rings (SSSR count). The maximum absolute atomic E-state index is 2.44. The number of thiophene rings is 1. The predicted octanol–water partition coefficient (Wildman–Crippen LogP) is 15.3. The van der Waals surface area contributed by atoms with Crippen LogP contribution in [0.1, 0.15) is 0 Å². The fraction of sp³-hybridized carbons (Fsp3) is 0. The molecule has 0 aliphatic rings. The molecular weight excluding hydrogens is 657 g/mol. The van der Waals surface area contributed by atoms with Crippen LogP contribution in [0.4, 0.5) is 0 Å². The fourth-order valence-corrected chi connectivity index (χ4v) is 10.1. The third kappa shape index (κ3) is 4.61. The molecule has 1 aromatic heterocycles. The van der Waals surface area contributed by atoms with Gasteiger partial charge in [-0.05, 0) is 88.1 Å². The van der Waals surface area contributed by atoms with Gasteiger partial charge in [-0.2, -0.15) is 0 Å². The van der Waals surface area contributed by atoms with Crippen molar-refractivity contribution in [1.82, 2.24) is 0 Å². The van der Waals surface area contributed by atoms with Crippen LogP contribution in [0.3, 0.4) is 0 Å². The third-order valence-corrected chi connectivity index (χ3v) is 12.2. The first-order valence-corrected chi connectivity index (χ1v) is 19.1. The molecule has 0 aliphatic heterocycles. The normalized spacial score (nSPS) is 11.8. The summed E-state index contributed by atoms with van der Waals surface area (Å²) in [7, 11) is 0. The fourth-order valence-electron chi connectivity index (χ4n) is 8.84. The first-order valence-electron chi connectivity index (χ1n) is 18.3. The van der Waals surface area contributed by atoms with Crippen LogP contribution < -0.4 is 0 Å². The first kappa shape index (κ1) is 30.1. The first-order chi connectivity index (χ1) is 26.3. The van der Waals surface area contributed by atoms with Crippen LogP contribution in [0.2, 0.25) is 0 Å². The lowest BCUT2D eigenvalue weighted by atomic mass is 9.85. The maximum Gasteiger partial charge on any atom is 0.0434 e. The number of benzene rings is 10. The minimum atomic E-state index is 1.25. The van der Waals surface area contributed by atoms with Crippen molar-refractivity contribution in [3.05, 3.63) is 194 Å². The molecule has 0 atom stereocenters. The Kier molecular flexibility index (Phi) is 6.83. The molecule has 10 aromatic carbocycles. The minimum Gasteiger partial charge on any atom is -0.135 e. The van der Waals surface area contributed by atoms with Crippen molar-refractivity contribution in [2.75, 3.05) is 0 Å². The van der Waals surface area contributed by atoms with Gasteiger partial charge in [-0.25, -0.2) is 0 Å². The summed E-state index contributed by atoms with van der Waals surface area (Å²) < 4.78 is 2.64. The highest BCUT2D eigenvalue weighted by Crippen LogP contribution is 2.49. The zero-order valence-corrected chi connectivity index (χ0v) is 29.7. The standard InChI is InChI=1S/C52H32S/c1-3-16-33(17-4-1)48-37-20-7-9-22-39(37)50(40-23-10-8-21-38(40)48)35-30-31-36-45-28-15-29-46(52(45)53-47(36)32-35)51-43-26-13-11-24-41(43)49(34-18-5-2-6-19-34)42-25-12-14-27-44(42)51/h1-32H. The Morgan fingerprint density at radius 2 is 0.623 bits per heavy atom. The lowest BCUT2D eigenvalue weighted by molar-refractivity contribution is 1.66. The summed E-state index contributed by atoms with van der Waals surface area (Å²) in [6, 6.07) is 71.5. The summed E-state index contributed by atoms with van der Waals surface area (Å²) >= 11 is 1.92. The van der Waals surface area contributed by atoms with E-state index in [1.807, 2.05) is 11.3 Å². The number of fused-ring (bicyclic) bond motifs is 7. The molecule has 0 N–H and O–H groups in total. The van der Waals surface area contributed by atoms with Gasteiger partial charge in [0.1, 0.15) is 0 Å². The second-order valence-corrected chi connectivity index (χ2v) is 15.0. The van der Waals surface area contributed by atoms with Gasteiger partial charge < -0.3 is 0 Å². The molecule has 11 aromatic rings. The molecule has 0 radical (unpaired) electrons. The summed E-state index contributed by atoms with van der Waals surface area (Å²) in [5.41, 5.74) is 10.2. The van der Waals surface area contributed by atoms with E-state index in [1.54, 1.807) is 0 Å². The lowest BCUT2D eigenvalue weighted by Gasteiger charge is -2.18. The molecule has 0 saturated carbocycles. The highest BCUT2D eigenvalue weighted by atomic mass is 32.1. The molecule has 0 saturated heterocycles. The van der Waals surface area contributed by atoms with E-state index in [2.05, 4.69) is 194 Å². The summed E-state index contributed by atoms with van der Waals surface area (Å²) in [5, 5.41) is 12.9. The van der Waals surface area contributed by atoms with Crippen molar-refractivity contribution in [3.8, 4) is 44.5 Å². The van der Waals surface area contributed by atoms with Crippen molar-refractivity contribution in [2.24, 2.45) is 0 Å². The Hall–Kier alpha value is -6.54. The van der Waals surface area contributed by atoms with Gasteiger partial charge in [-0.1, -0.05) is 188 Å². The van der Waals surface area contributed by atoms with Crippen molar-refractivity contribution in [1.29, 1.82) is 0 Å². The highest BCUT2D eigenvalue weighted by molar-refractivity contribution is 7.26. The van der Waals surface area contributed by atoms with E-state index < -0.39 is 0 Å². The van der Waals surface area contributed by atoms with E-state index in [4.69, 9.17) is 0 Å². The second-order valence-electron chi connectivity index (χ2n) is 13.9. The SMILES string of the molecule is c1ccc(-c2c3ccccc3c(-c3ccc4c(c3)sc3c(-c5c6ccccc6c(-c6ccccc6)c6ccccc56)cccc34)c3ccccc23)cc1. The summed E-state index contributed by atoms with van der Waals surface area (Å²) in [5.74, 6) is 0. The maximum atomic E-state index is 2.44. The van der Waals surface area contributed by atoms with Crippen LogP contribution in [-0.4, -0.2) is 0 Å². The average molecular weight is 689 g/mol. The molecule has 1 heteroatoms. The number of rotatable bonds is 4.